The van der Waals surface area contributed by atoms with E-state index in [4.69, 9.17) is 0 Å². The van der Waals surface area contributed by atoms with Gasteiger partial charge in [-0.2, -0.15) is 9.61 Å². The number of nitrogens with zero attached hydrogens (tertiary/aromatic N) is 4. The predicted molar refractivity (Wildman–Crippen MR) is 76.2 cm³/mol. The average molecular weight is 283 g/mol. The zero-order valence-corrected chi connectivity index (χ0v) is 11.3. The summed E-state index contributed by atoms with van der Waals surface area (Å²) in [6.45, 7) is 0.989. The number of fused-ring (bicyclic) bond motifs is 1. The van der Waals surface area contributed by atoms with Crippen molar-refractivity contribution < 1.29 is 4.39 Å². The summed E-state index contributed by atoms with van der Waals surface area (Å²) in [5.41, 5.74) is 2.16. The Bertz CT molecular complexity index is 792. The van der Waals surface area contributed by atoms with Crippen LogP contribution in [-0.4, -0.2) is 26.4 Å². The molecule has 0 spiro atoms. The Morgan fingerprint density at radius 1 is 1.19 bits per heavy atom. The SMILES string of the molecule is Fc1cccc(-c2ccc3nnc([C@H]4CCCN4)n3n2)c1. The maximum atomic E-state index is 13.4. The minimum absolute atomic E-state index is 0.190. The number of hydrogen-bond donors (Lipinski definition) is 1. The molecule has 0 radical (unpaired) electrons. The van der Waals surface area contributed by atoms with Crippen LogP contribution in [0.4, 0.5) is 4.39 Å². The Labute approximate surface area is 120 Å². The van der Waals surface area contributed by atoms with Crippen molar-refractivity contribution in [2.24, 2.45) is 0 Å². The molecule has 4 rings (SSSR count). The molecular formula is C15H14FN5. The van der Waals surface area contributed by atoms with Crippen molar-refractivity contribution in [3.63, 3.8) is 0 Å². The number of rotatable bonds is 2. The van der Waals surface area contributed by atoms with Gasteiger partial charge < -0.3 is 5.32 Å². The van der Waals surface area contributed by atoms with Crippen molar-refractivity contribution in [1.29, 1.82) is 0 Å². The molecule has 0 aliphatic carbocycles. The van der Waals surface area contributed by atoms with Gasteiger partial charge in [-0.05, 0) is 43.7 Å². The van der Waals surface area contributed by atoms with Gasteiger partial charge in [0.2, 0.25) is 0 Å². The van der Waals surface area contributed by atoms with Gasteiger partial charge in [-0.25, -0.2) is 4.39 Å². The van der Waals surface area contributed by atoms with Crippen LogP contribution in [0.25, 0.3) is 16.9 Å². The molecule has 1 fully saturated rings. The fourth-order valence-electron chi connectivity index (χ4n) is 2.73. The molecular weight excluding hydrogens is 269 g/mol. The van der Waals surface area contributed by atoms with E-state index in [-0.39, 0.29) is 11.9 Å². The van der Waals surface area contributed by atoms with Crippen molar-refractivity contribution >= 4 is 5.65 Å². The summed E-state index contributed by atoms with van der Waals surface area (Å²) in [6, 6.07) is 10.3. The molecule has 3 heterocycles. The van der Waals surface area contributed by atoms with Crippen molar-refractivity contribution in [2.45, 2.75) is 18.9 Å². The number of nitrogens with one attached hydrogen (secondary N) is 1. The summed E-state index contributed by atoms with van der Waals surface area (Å²) in [5, 5.41) is 16.4. The minimum Gasteiger partial charge on any atom is -0.307 e. The van der Waals surface area contributed by atoms with Crippen LogP contribution < -0.4 is 5.32 Å². The molecule has 0 unspecified atom stereocenters. The average Bonchev–Trinajstić information content (AvgIpc) is 3.15. The monoisotopic (exact) mass is 283 g/mol. The number of hydrogen-bond acceptors (Lipinski definition) is 4. The van der Waals surface area contributed by atoms with E-state index in [9.17, 15) is 4.39 Å². The van der Waals surface area contributed by atoms with E-state index in [1.54, 1.807) is 10.6 Å². The lowest BCUT2D eigenvalue weighted by Gasteiger charge is -2.08. The van der Waals surface area contributed by atoms with E-state index < -0.39 is 0 Å². The predicted octanol–water partition coefficient (Wildman–Crippen LogP) is 2.35. The van der Waals surface area contributed by atoms with Gasteiger partial charge in [0.05, 0.1) is 11.7 Å². The normalized spacial score (nSPS) is 18.4. The highest BCUT2D eigenvalue weighted by atomic mass is 19.1. The van der Waals surface area contributed by atoms with E-state index >= 15 is 0 Å². The van der Waals surface area contributed by atoms with Gasteiger partial charge in [-0.15, -0.1) is 10.2 Å². The Kier molecular flexibility index (Phi) is 2.89. The standard InChI is InChI=1S/C15H14FN5/c16-11-4-1-3-10(9-11)12-6-7-14-18-19-15(21(14)20-12)13-5-2-8-17-13/h1,3-4,6-7,9,13,17H,2,5,8H2/t13-/m1/s1. The van der Waals surface area contributed by atoms with Crippen LogP contribution in [0.1, 0.15) is 24.7 Å². The lowest BCUT2D eigenvalue weighted by atomic mass is 10.1. The smallest absolute Gasteiger partial charge is 0.178 e. The second kappa shape index (κ2) is 4.89. The summed E-state index contributed by atoms with van der Waals surface area (Å²) < 4.78 is 15.1. The Morgan fingerprint density at radius 2 is 2.14 bits per heavy atom. The van der Waals surface area contributed by atoms with Gasteiger partial charge in [0.25, 0.3) is 0 Å². The first-order chi connectivity index (χ1) is 10.3. The summed E-state index contributed by atoms with van der Waals surface area (Å²) in [5.74, 6) is 0.552. The van der Waals surface area contributed by atoms with E-state index in [2.05, 4.69) is 20.6 Å². The molecule has 1 aliphatic heterocycles. The Balaban J connectivity index is 1.83. The first-order valence-corrected chi connectivity index (χ1v) is 7.03. The zero-order chi connectivity index (χ0) is 14.2. The lowest BCUT2D eigenvalue weighted by Crippen LogP contribution is -2.16. The van der Waals surface area contributed by atoms with Crippen molar-refractivity contribution in [2.75, 3.05) is 6.54 Å². The van der Waals surface area contributed by atoms with Crippen molar-refractivity contribution in [1.82, 2.24) is 25.1 Å². The van der Waals surface area contributed by atoms with Crippen LogP contribution in [0, 0.1) is 5.82 Å². The molecule has 21 heavy (non-hydrogen) atoms. The van der Waals surface area contributed by atoms with Gasteiger partial charge in [0, 0.05) is 5.56 Å². The highest BCUT2D eigenvalue weighted by Gasteiger charge is 2.22. The van der Waals surface area contributed by atoms with E-state index in [1.807, 2.05) is 18.2 Å². The van der Waals surface area contributed by atoms with Crippen LogP contribution in [0.5, 0.6) is 0 Å². The van der Waals surface area contributed by atoms with E-state index in [0.717, 1.165) is 30.8 Å². The molecule has 1 N–H and O–H groups in total. The summed E-state index contributed by atoms with van der Waals surface area (Å²) in [4.78, 5) is 0. The molecule has 1 atom stereocenters. The van der Waals surface area contributed by atoms with Crippen LogP contribution in [-0.2, 0) is 0 Å². The third kappa shape index (κ3) is 2.17. The maximum Gasteiger partial charge on any atom is 0.178 e. The van der Waals surface area contributed by atoms with Gasteiger partial charge in [-0.3, -0.25) is 0 Å². The molecule has 106 valence electrons. The molecule has 0 saturated carbocycles. The fourth-order valence-corrected chi connectivity index (χ4v) is 2.73. The topological polar surface area (TPSA) is 55.1 Å². The quantitative estimate of drug-likeness (QED) is 0.784. The largest absolute Gasteiger partial charge is 0.307 e. The maximum absolute atomic E-state index is 13.4. The molecule has 0 amide bonds. The fraction of sp³-hybridized carbons (Fsp3) is 0.267. The molecule has 0 bridgehead atoms. The van der Waals surface area contributed by atoms with Gasteiger partial charge in [-0.1, -0.05) is 12.1 Å². The van der Waals surface area contributed by atoms with Crippen molar-refractivity contribution in [3.05, 3.63) is 48.0 Å². The second-order valence-corrected chi connectivity index (χ2v) is 5.21. The second-order valence-electron chi connectivity index (χ2n) is 5.21. The molecule has 1 saturated heterocycles. The van der Waals surface area contributed by atoms with Crippen molar-refractivity contribution in [3.8, 4) is 11.3 Å². The van der Waals surface area contributed by atoms with Gasteiger partial charge >= 0.3 is 0 Å². The summed E-state index contributed by atoms with van der Waals surface area (Å²) >= 11 is 0. The Hall–Kier alpha value is -2.34. The molecule has 1 aliphatic rings. The van der Waals surface area contributed by atoms with Crippen LogP contribution in [0.2, 0.25) is 0 Å². The molecule has 1 aromatic carbocycles. The summed E-state index contributed by atoms with van der Waals surface area (Å²) in [7, 11) is 0. The van der Waals surface area contributed by atoms with E-state index in [1.165, 1.54) is 12.1 Å². The van der Waals surface area contributed by atoms with Crippen LogP contribution in [0.3, 0.4) is 0 Å². The first kappa shape index (κ1) is 12.4. The van der Waals surface area contributed by atoms with Gasteiger partial charge in [0.1, 0.15) is 5.82 Å². The molecule has 6 heteroatoms. The molecule has 2 aromatic heterocycles. The number of halogens is 1. The molecule has 3 aromatic rings. The first-order valence-electron chi connectivity index (χ1n) is 7.03. The van der Waals surface area contributed by atoms with Crippen LogP contribution >= 0.6 is 0 Å². The number of aromatic nitrogens is 4. The zero-order valence-electron chi connectivity index (χ0n) is 11.3. The Morgan fingerprint density at radius 3 is 2.95 bits per heavy atom. The van der Waals surface area contributed by atoms with E-state index in [0.29, 0.717) is 11.3 Å². The summed E-state index contributed by atoms with van der Waals surface area (Å²) in [6.07, 6.45) is 2.16. The minimum atomic E-state index is -0.268. The molecule has 5 nitrogen and oxygen atoms in total. The third-order valence-corrected chi connectivity index (χ3v) is 3.78. The lowest BCUT2D eigenvalue weighted by molar-refractivity contribution is 0.584. The highest BCUT2D eigenvalue weighted by molar-refractivity contribution is 5.60. The van der Waals surface area contributed by atoms with Crippen LogP contribution in [0.15, 0.2) is 36.4 Å². The van der Waals surface area contributed by atoms with Gasteiger partial charge in [0.15, 0.2) is 11.5 Å². The third-order valence-electron chi connectivity index (χ3n) is 3.78. The number of benzene rings is 1. The highest BCUT2D eigenvalue weighted by Crippen LogP contribution is 2.23.